The van der Waals surface area contributed by atoms with Gasteiger partial charge in [-0.25, -0.2) is 9.67 Å². The molecule has 5 rings (SSSR count). The van der Waals surface area contributed by atoms with Crippen LogP contribution in [-0.2, 0) is 24.3 Å². The van der Waals surface area contributed by atoms with E-state index in [1.807, 2.05) is 24.3 Å². The number of nitrogens with one attached hydrogen (secondary N) is 1. The van der Waals surface area contributed by atoms with E-state index in [4.69, 9.17) is 4.98 Å². The zero-order valence-electron chi connectivity index (χ0n) is 17.0. The van der Waals surface area contributed by atoms with Crippen molar-refractivity contribution >= 4 is 22.5 Å². The highest BCUT2D eigenvalue weighted by molar-refractivity contribution is 5.90. The smallest absolute Gasteiger partial charge is 0.277 e. The molecule has 2 aromatic heterocycles. The van der Waals surface area contributed by atoms with Crippen LogP contribution in [0.2, 0.25) is 0 Å². The Labute approximate surface area is 178 Å². The van der Waals surface area contributed by atoms with E-state index in [-0.39, 0.29) is 24.4 Å². The first-order valence-electron chi connectivity index (χ1n) is 10.5. The third kappa shape index (κ3) is 3.96. The maximum atomic E-state index is 12.5. The molecule has 0 unspecified atom stereocenters. The number of carbonyl (C=O) groups excluding carboxylic acids is 1. The molecule has 1 aliphatic rings. The van der Waals surface area contributed by atoms with Crippen molar-refractivity contribution < 1.29 is 4.79 Å². The van der Waals surface area contributed by atoms with Crippen LogP contribution in [0.5, 0.6) is 0 Å². The molecule has 0 radical (unpaired) electrons. The SMILES string of the molecule is O=C(CCn1nnc2ccccc2c1=O)Nc1ccc(-c2cn3c(n2)CCCC3)cc1. The van der Waals surface area contributed by atoms with Gasteiger partial charge in [0.25, 0.3) is 5.56 Å². The van der Waals surface area contributed by atoms with Gasteiger partial charge in [0.05, 0.1) is 17.6 Å². The van der Waals surface area contributed by atoms with E-state index in [0.29, 0.717) is 16.6 Å². The Morgan fingerprint density at radius 1 is 1.06 bits per heavy atom. The topological polar surface area (TPSA) is 94.7 Å². The highest BCUT2D eigenvalue weighted by Gasteiger charge is 2.13. The Kier molecular flexibility index (Phi) is 5.03. The van der Waals surface area contributed by atoms with E-state index in [0.717, 1.165) is 30.0 Å². The first-order chi connectivity index (χ1) is 15.2. The van der Waals surface area contributed by atoms with Gasteiger partial charge in [0.2, 0.25) is 5.91 Å². The summed E-state index contributed by atoms with van der Waals surface area (Å²) in [5.74, 6) is 0.956. The zero-order chi connectivity index (χ0) is 21.2. The van der Waals surface area contributed by atoms with E-state index >= 15 is 0 Å². The predicted octanol–water partition coefficient (Wildman–Crippen LogP) is 3.02. The molecule has 31 heavy (non-hydrogen) atoms. The monoisotopic (exact) mass is 414 g/mol. The molecule has 0 saturated heterocycles. The van der Waals surface area contributed by atoms with Gasteiger partial charge in [-0.15, -0.1) is 5.10 Å². The second-order valence-corrected chi connectivity index (χ2v) is 7.70. The number of benzene rings is 2. The third-order valence-electron chi connectivity index (χ3n) is 5.55. The molecule has 1 aliphatic heterocycles. The van der Waals surface area contributed by atoms with Gasteiger partial charge in [0, 0.05) is 36.8 Å². The third-order valence-corrected chi connectivity index (χ3v) is 5.55. The van der Waals surface area contributed by atoms with Crippen molar-refractivity contribution in [1.29, 1.82) is 0 Å². The molecule has 1 N–H and O–H groups in total. The highest BCUT2D eigenvalue weighted by Crippen LogP contribution is 2.24. The normalized spacial score (nSPS) is 13.2. The van der Waals surface area contributed by atoms with Crippen molar-refractivity contribution in [2.24, 2.45) is 0 Å². The van der Waals surface area contributed by atoms with Crippen molar-refractivity contribution in [2.75, 3.05) is 5.32 Å². The first-order valence-corrected chi connectivity index (χ1v) is 10.5. The number of carbonyl (C=O) groups is 1. The number of hydrogen-bond donors (Lipinski definition) is 1. The Balaban J connectivity index is 1.22. The molecule has 2 aromatic carbocycles. The summed E-state index contributed by atoms with van der Waals surface area (Å²) >= 11 is 0. The highest BCUT2D eigenvalue weighted by atomic mass is 16.2. The summed E-state index contributed by atoms with van der Waals surface area (Å²) < 4.78 is 3.46. The summed E-state index contributed by atoms with van der Waals surface area (Å²) in [5, 5.41) is 11.3. The van der Waals surface area contributed by atoms with E-state index in [2.05, 4.69) is 26.4 Å². The fraction of sp³-hybridized carbons (Fsp3) is 0.261. The molecule has 1 amide bonds. The number of anilines is 1. The van der Waals surface area contributed by atoms with Crippen LogP contribution in [0.15, 0.2) is 59.5 Å². The molecule has 4 aromatic rings. The Bertz CT molecular complexity index is 1280. The summed E-state index contributed by atoms with van der Waals surface area (Å²) in [4.78, 5) is 29.6. The molecule has 0 atom stereocenters. The van der Waals surface area contributed by atoms with Gasteiger partial charge in [-0.3, -0.25) is 9.59 Å². The first kappa shape index (κ1) is 19.2. The van der Waals surface area contributed by atoms with Crippen LogP contribution in [0, 0.1) is 0 Å². The standard InChI is InChI=1S/C23H22N6O2/c30-22(12-14-29-23(31)18-5-1-2-6-19(18)26-27-29)24-17-10-8-16(9-11-17)20-15-28-13-4-3-7-21(28)25-20/h1-2,5-6,8-11,15H,3-4,7,12-14H2,(H,24,30). The van der Waals surface area contributed by atoms with Gasteiger partial charge in [-0.1, -0.05) is 29.5 Å². The van der Waals surface area contributed by atoms with Crippen LogP contribution in [0.25, 0.3) is 22.2 Å². The average Bonchev–Trinajstić information content (AvgIpc) is 3.24. The summed E-state index contributed by atoms with van der Waals surface area (Å²) in [5.41, 5.74) is 2.99. The number of rotatable bonds is 5. The van der Waals surface area contributed by atoms with E-state index in [9.17, 15) is 9.59 Å². The van der Waals surface area contributed by atoms with Crippen LogP contribution >= 0.6 is 0 Å². The number of fused-ring (bicyclic) bond motifs is 2. The lowest BCUT2D eigenvalue weighted by molar-refractivity contribution is -0.116. The number of aromatic nitrogens is 5. The Hall–Kier alpha value is -3.81. The fourth-order valence-electron chi connectivity index (χ4n) is 3.88. The minimum Gasteiger partial charge on any atom is -0.334 e. The van der Waals surface area contributed by atoms with Crippen molar-refractivity contribution in [3.8, 4) is 11.3 Å². The zero-order valence-corrected chi connectivity index (χ0v) is 17.0. The van der Waals surface area contributed by atoms with Gasteiger partial charge < -0.3 is 9.88 Å². The maximum absolute atomic E-state index is 12.5. The van der Waals surface area contributed by atoms with Crippen LogP contribution in [0.1, 0.15) is 25.1 Å². The summed E-state index contributed by atoms with van der Waals surface area (Å²) in [7, 11) is 0. The molecule has 0 bridgehead atoms. The minimum absolute atomic E-state index is 0.127. The van der Waals surface area contributed by atoms with Crippen molar-refractivity contribution in [3.63, 3.8) is 0 Å². The quantitative estimate of drug-likeness (QED) is 0.542. The van der Waals surface area contributed by atoms with Gasteiger partial charge in [0.15, 0.2) is 0 Å². The lowest BCUT2D eigenvalue weighted by Crippen LogP contribution is -2.26. The average molecular weight is 414 g/mol. The molecule has 0 aliphatic carbocycles. The van der Waals surface area contributed by atoms with Crippen LogP contribution in [-0.4, -0.2) is 30.5 Å². The summed E-state index contributed by atoms with van der Waals surface area (Å²) in [6.45, 7) is 1.20. The van der Waals surface area contributed by atoms with Crippen LogP contribution < -0.4 is 10.9 Å². The second kappa shape index (κ2) is 8.14. The predicted molar refractivity (Wildman–Crippen MR) is 118 cm³/mol. The Morgan fingerprint density at radius 2 is 1.90 bits per heavy atom. The minimum atomic E-state index is -0.245. The van der Waals surface area contributed by atoms with Crippen LogP contribution in [0.3, 0.4) is 0 Å². The van der Waals surface area contributed by atoms with Gasteiger partial charge in [-0.05, 0) is 37.1 Å². The molecular formula is C23H22N6O2. The van der Waals surface area contributed by atoms with E-state index in [1.54, 1.807) is 24.3 Å². The van der Waals surface area contributed by atoms with E-state index in [1.165, 1.54) is 17.5 Å². The number of imidazole rings is 1. The van der Waals surface area contributed by atoms with E-state index < -0.39 is 0 Å². The number of hydrogen-bond acceptors (Lipinski definition) is 5. The number of nitrogens with zero attached hydrogens (tertiary/aromatic N) is 5. The van der Waals surface area contributed by atoms with Crippen molar-refractivity contribution in [3.05, 3.63) is 70.9 Å². The van der Waals surface area contributed by atoms with Gasteiger partial charge in [-0.2, -0.15) is 0 Å². The van der Waals surface area contributed by atoms with Gasteiger partial charge in [0.1, 0.15) is 11.3 Å². The van der Waals surface area contributed by atoms with Crippen molar-refractivity contribution in [1.82, 2.24) is 24.5 Å². The molecule has 0 fully saturated rings. The number of amides is 1. The van der Waals surface area contributed by atoms with Gasteiger partial charge >= 0.3 is 0 Å². The molecule has 0 saturated carbocycles. The summed E-state index contributed by atoms with van der Waals surface area (Å²) in [6.07, 6.45) is 5.65. The number of aryl methyl sites for hydroxylation is 3. The lowest BCUT2D eigenvalue weighted by atomic mass is 10.1. The maximum Gasteiger partial charge on any atom is 0.277 e. The van der Waals surface area contributed by atoms with Crippen LogP contribution in [0.4, 0.5) is 5.69 Å². The molecule has 3 heterocycles. The largest absolute Gasteiger partial charge is 0.334 e. The summed E-state index contributed by atoms with van der Waals surface area (Å²) in [6, 6.07) is 14.7. The second-order valence-electron chi connectivity index (χ2n) is 7.70. The molecule has 156 valence electrons. The fourth-order valence-corrected chi connectivity index (χ4v) is 3.88. The lowest BCUT2D eigenvalue weighted by Gasteiger charge is -2.11. The Morgan fingerprint density at radius 3 is 2.74 bits per heavy atom. The molecule has 8 nitrogen and oxygen atoms in total. The molecular weight excluding hydrogens is 392 g/mol. The van der Waals surface area contributed by atoms with Crippen molar-refractivity contribution in [2.45, 2.75) is 38.8 Å². The molecule has 8 heteroatoms. The molecule has 0 spiro atoms.